The average molecular weight is 279 g/mol. The molecule has 4 heteroatoms. The summed E-state index contributed by atoms with van der Waals surface area (Å²) in [6, 6.07) is 3.73. The molecule has 1 aliphatic carbocycles. The maximum atomic E-state index is 10.8. The summed E-state index contributed by atoms with van der Waals surface area (Å²) in [5.74, 6) is 0.537. The van der Waals surface area contributed by atoms with Crippen LogP contribution in [0, 0.1) is 11.3 Å². The van der Waals surface area contributed by atoms with Gasteiger partial charge in [0, 0.05) is 16.0 Å². The lowest BCUT2D eigenvalue weighted by Gasteiger charge is -2.50. The number of nitrogens with zero attached hydrogens (tertiary/aromatic N) is 1. The predicted octanol–water partition coefficient (Wildman–Crippen LogP) is 3.86. The first-order chi connectivity index (χ1) is 8.79. The summed E-state index contributed by atoms with van der Waals surface area (Å²) in [4.78, 5) is 0. The van der Waals surface area contributed by atoms with Crippen molar-refractivity contribution in [3.8, 4) is 0 Å². The fourth-order valence-corrected chi connectivity index (χ4v) is 3.20. The van der Waals surface area contributed by atoms with E-state index in [0.717, 1.165) is 29.3 Å². The van der Waals surface area contributed by atoms with E-state index < -0.39 is 5.60 Å². The first kappa shape index (κ1) is 12.9. The molecule has 102 valence electrons. The van der Waals surface area contributed by atoms with Crippen molar-refractivity contribution in [3.63, 3.8) is 0 Å². The van der Waals surface area contributed by atoms with Crippen LogP contribution < -0.4 is 0 Å². The van der Waals surface area contributed by atoms with Crippen LogP contribution in [-0.4, -0.2) is 15.3 Å². The molecule has 3 nitrogen and oxygen atoms in total. The first-order valence-corrected chi connectivity index (χ1v) is 7.03. The molecule has 1 fully saturated rings. The fraction of sp³-hybridized carbons (Fsp3) is 0.533. The monoisotopic (exact) mass is 278 g/mol. The number of H-pyrrole nitrogens is 1. The Balaban J connectivity index is 2.00. The van der Waals surface area contributed by atoms with E-state index in [-0.39, 0.29) is 5.41 Å². The summed E-state index contributed by atoms with van der Waals surface area (Å²) in [6.45, 7) is 6.67. The number of benzene rings is 1. The summed E-state index contributed by atoms with van der Waals surface area (Å²) < 4.78 is 0. The molecule has 0 saturated heterocycles. The third-order valence-corrected chi connectivity index (χ3v) is 4.63. The Morgan fingerprint density at radius 2 is 2.05 bits per heavy atom. The van der Waals surface area contributed by atoms with Crippen molar-refractivity contribution in [2.45, 2.75) is 39.2 Å². The van der Waals surface area contributed by atoms with Crippen molar-refractivity contribution in [1.29, 1.82) is 0 Å². The molecule has 0 radical (unpaired) electrons. The maximum Gasteiger partial charge on any atom is 0.0923 e. The van der Waals surface area contributed by atoms with Crippen molar-refractivity contribution in [1.82, 2.24) is 10.2 Å². The molecule has 0 amide bonds. The van der Waals surface area contributed by atoms with Gasteiger partial charge in [-0.15, -0.1) is 0 Å². The van der Waals surface area contributed by atoms with Crippen molar-refractivity contribution in [3.05, 3.63) is 28.9 Å². The molecule has 0 aliphatic heterocycles. The van der Waals surface area contributed by atoms with Gasteiger partial charge in [0.15, 0.2) is 0 Å². The lowest BCUT2D eigenvalue weighted by molar-refractivity contribution is -0.111. The van der Waals surface area contributed by atoms with E-state index in [1.165, 1.54) is 0 Å². The smallest absolute Gasteiger partial charge is 0.0923 e. The van der Waals surface area contributed by atoms with E-state index in [9.17, 15) is 5.11 Å². The molecular formula is C15H19ClN2O. The van der Waals surface area contributed by atoms with E-state index in [1.807, 2.05) is 12.1 Å². The van der Waals surface area contributed by atoms with Crippen LogP contribution >= 0.6 is 11.6 Å². The van der Waals surface area contributed by atoms with E-state index in [0.29, 0.717) is 10.9 Å². The topological polar surface area (TPSA) is 48.9 Å². The summed E-state index contributed by atoms with van der Waals surface area (Å²) >= 11 is 6.14. The van der Waals surface area contributed by atoms with Crippen LogP contribution in [0.5, 0.6) is 0 Å². The zero-order valence-corrected chi connectivity index (χ0v) is 12.3. The maximum absolute atomic E-state index is 10.8. The number of aliphatic hydroxyl groups is 1. The van der Waals surface area contributed by atoms with Crippen LogP contribution in [-0.2, 0) is 5.60 Å². The van der Waals surface area contributed by atoms with Crippen LogP contribution in [0.2, 0.25) is 5.02 Å². The van der Waals surface area contributed by atoms with E-state index in [4.69, 9.17) is 11.6 Å². The Labute approximate surface area is 118 Å². The Morgan fingerprint density at radius 1 is 1.37 bits per heavy atom. The normalized spacial score (nSPS) is 27.5. The van der Waals surface area contributed by atoms with Crippen molar-refractivity contribution < 1.29 is 5.11 Å². The van der Waals surface area contributed by atoms with Gasteiger partial charge in [-0.25, -0.2) is 0 Å². The van der Waals surface area contributed by atoms with Gasteiger partial charge in [0.1, 0.15) is 0 Å². The number of nitrogens with one attached hydrogen (secondary N) is 1. The van der Waals surface area contributed by atoms with Crippen molar-refractivity contribution in [2.75, 3.05) is 0 Å². The summed E-state index contributed by atoms with van der Waals surface area (Å²) in [5, 5.41) is 19.5. The molecule has 1 aliphatic rings. The second-order valence-corrected chi connectivity index (χ2v) is 7.23. The number of fused-ring (bicyclic) bond motifs is 1. The van der Waals surface area contributed by atoms with Crippen molar-refractivity contribution in [2.24, 2.45) is 11.3 Å². The minimum absolute atomic E-state index is 0.234. The molecule has 0 unspecified atom stereocenters. The number of halogens is 1. The molecular weight excluding hydrogens is 260 g/mol. The molecule has 1 saturated carbocycles. The second kappa shape index (κ2) is 3.97. The van der Waals surface area contributed by atoms with Crippen LogP contribution in [0.25, 0.3) is 10.9 Å². The van der Waals surface area contributed by atoms with Gasteiger partial charge < -0.3 is 5.11 Å². The van der Waals surface area contributed by atoms with Gasteiger partial charge >= 0.3 is 0 Å². The Morgan fingerprint density at radius 3 is 2.68 bits per heavy atom. The quantitative estimate of drug-likeness (QED) is 0.832. The van der Waals surface area contributed by atoms with Gasteiger partial charge in [0.2, 0.25) is 0 Å². The zero-order chi connectivity index (χ0) is 13.8. The Hall–Kier alpha value is -1.06. The lowest BCUT2D eigenvalue weighted by Crippen LogP contribution is -2.46. The zero-order valence-electron chi connectivity index (χ0n) is 11.5. The van der Waals surface area contributed by atoms with Gasteiger partial charge in [-0.1, -0.05) is 32.4 Å². The highest BCUT2D eigenvalue weighted by atomic mass is 35.5. The van der Waals surface area contributed by atoms with Crippen LogP contribution in [0.1, 0.15) is 39.2 Å². The van der Waals surface area contributed by atoms with Gasteiger partial charge in [-0.3, -0.25) is 5.10 Å². The third-order valence-electron chi connectivity index (χ3n) is 4.41. The molecule has 0 bridgehead atoms. The molecule has 19 heavy (non-hydrogen) atoms. The summed E-state index contributed by atoms with van der Waals surface area (Å²) in [5.41, 5.74) is 1.25. The average Bonchev–Trinajstić information content (AvgIpc) is 2.69. The molecule has 2 aromatic rings. The molecule has 2 N–H and O–H groups in total. The van der Waals surface area contributed by atoms with Crippen LogP contribution in [0.15, 0.2) is 18.3 Å². The Kier molecular flexibility index (Phi) is 2.70. The number of rotatable bonds is 1. The number of hydrogen-bond acceptors (Lipinski definition) is 2. The van der Waals surface area contributed by atoms with E-state index in [2.05, 4.69) is 31.0 Å². The standard InChI is InChI=1S/C15H19ClN2O/c1-14(2,3)10-6-15(19,7-10)12-5-11(16)4-9-8-17-18-13(9)12/h4-5,8,10,19H,6-7H2,1-3H3,(H,17,18). The van der Waals surface area contributed by atoms with Crippen LogP contribution in [0.4, 0.5) is 0 Å². The predicted molar refractivity (Wildman–Crippen MR) is 77.2 cm³/mol. The lowest BCUT2D eigenvalue weighted by atomic mass is 9.58. The number of aromatic nitrogens is 2. The van der Waals surface area contributed by atoms with Crippen molar-refractivity contribution >= 4 is 22.5 Å². The molecule has 1 aromatic heterocycles. The number of aromatic amines is 1. The van der Waals surface area contributed by atoms with E-state index in [1.54, 1.807) is 6.20 Å². The molecule has 1 heterocycles. The van der Waals surface area contributed by atoms with Gasteiger partial charge in [0.25, 0.3) is 0 Å². The highest BCUT2D eigenvalue weighted by Crippen LogP contribution is 2.54. The molecule has 1 aromatic carbocycles. The number of hydrogen-bond donors (Lipinski definition) is 2. The largest absolute Gasteiger partial charge is 0.385 e. The third kappa shape index (κ3) is 2.05. The van der Waals surface area contributed by atoms with Crippen LogP contribution in [0.3, 0.4) is 0 Å². The van der Waals surface area contributed by atoms with Gasteiger partial charge in [0.05, 0.1) is 17.3 Å². The molecule has 0 atom stereocenters. The molecule has 3 rings (SSSR count). The Bertz CT molecular complexity index is 621. The fourth-order valence-electron chi connectivity index (χ4n) is 2.98. The van der Waals surface area contributed by atoms with E-state index >= 15 is 0 Å². The highest BCUT2D eigenvalue weighted by Gasteiger charge is 2.49. The summed E-state index contributed by atoms with van der Waals surface area (Å²) in [7, 11) is 0. The second-order valence-electron chi connectivity index (χ2n) is 6.79. The highest BCUT2D eigenvalue weighted by molar-refractivity contribution is 6.31. The first-order valence-electron chi connectivity index (χ1n) is 6.65. The minimum atomic E-state index is -0.770. The SMILES string of the molecule is CC(C)(C)C1CC(O)(c2cc(Cl)cc3cn[nH]c23)C1. The minimum Gasteiger partial charge on any atom is -0.385 e. The molecule has 0 spiro atoms. The van der Waals surface area contributed by atoms with Gasteiger partial charge in [-0.05, 0) is 36.3 Å². The summed E-state index contributed by atoms with van der Waals surface area (Å²) in [6.07, 6.45) is 3.31. The van der Waals surface area contributed by atoms with Gasteiger partial charge in [-0.2, -0.15) is 5.10 Å².